The Hall–Kier alpha value is -4.30. The van der Waals surface area contributed by atoms with Crippen LogP contribution in [-0.2, 0) is 13.6 Å². The molecule has 0 bridgehead atoms. The molecule has 1 saturated carbocycles. The molecule has 0 aliphatic heterocycles. The van der Waals surface area contributed by atoms with Crippen LogP contribution in [0.4, 0.5) is 10.1 Å². The Kier molecular flexibility index (Phi) is 7.80. The SMILES string of the molecule is COc1cc(-c2cccc(-c3cccc(NC(=O)c4cncn(C)c4=O)c3C)c2C)cc(F)c1CNC1CCC1. The highest BCUT2D eigenvalue weighted by molar-refractivity contribution is 6.04. The first-order chi connectivity index (χ1) is 19.3. The van der Waals surface area contributed by atoms with Gasteiger partial charge < -0.3 is 19.9 Å². The van der Waals surface area contributed by atoms with Crippen LogP contribution in [0.2, 0.25) is 0 Å². The third-order valence-electron chi connectivity index (χ3n) is 7.80. The molecular weight excluding hydrogens is 507 g/mol. The zero-order valence-electron chi connectivity index (χ0n) is 23.2. The van der Waals surface area contributed by atoms with Gasteiger partial charge in [-0.05, 0) is 78.3 Å². The van der Waals surface area contributed by atoms with Crippen molar-refractivity contribution in [2.24, 2.45) is 7.05 Å². The van der Waals surface area contributed by atoms with Crippen molar-refractivity contribution in [2.45, 2.75) is 45.7 Å². The van der Waals surface area contributed by atoms with E-state index in [1.807, 2.05) is 50.2 Å². The summed E-state index contributed by atoms with van der Waals surface area (Å²) in [5.74, 6) is -0.295. The van der Waals surface area contributed by atoms with E-state index in [-0.39, 0.29) is 11.4 Å². The number of nitrogens with one attached hydrogen (secondary N) is 2. The Morgan fingerprint density at radius 2 is 1.77 bits per heavy atom. The fourth-order valence-electron chi connectivity index (χ4n) is 5.13. The molecule has 1 amide bonds. The van der Waals surface area contributed by atoms with Crippen LogP contribution in [0.5, 0.6) is 5.75 Å². The highest BCUT2D eigenvalue weighted by Crippen LogP contribution is 2.38. The van der Waals surface area contributed by atoms with Crippen molar-refractivity contribution >= 4 is 11.6 Å². The monoisotopic (exact) mass is 540 g/mol. The van der Waals surface area contributed by atoms with Crippen LogP contribution >= 0.6 is 0 Å². The normalized spacial score (nSPS) is 13.1. The molecule has 0 spiro atoms. The van der Waals surface area contributed by atoms with Gasteiger partial charge in [-0.25, -0.2) is 9.37 Å². The number of ether oxygens (including phenoxy) is 1. The first-order valence-corrected chi connectivity index (χ1v) is 13.4. The van der Waals surface area contributed by atoms with Crippen molar-refractivity contribution in [3.8, 4) is 28.0 Å². The Labute approximate surface area is 233 Å². The summed E-state index contributed by atoms with van der Waals surface area (Å²) in [6.45, 7) is 4.36. The Bertz CT molecular complexity index is 1640. The van der Waals surface area contributed by atoms with Crippen molar-refractivity contribution in [3.63, 3.8) is 0 Å². The lowest BCUT2D eigenvalue weighted by atomic mass is 9.89. The Morgan fingerprint density at radius 1 is 1.07 bits per heavy atom. The van der Waals surface area contributed by atoms with E-state index in [0.29, 0.717) is 29.6 Å². The fourth-order valence-corrected chi connectivity index (χ4v) is 5.13. The summed E-state index contributed by atoms with van der Waals surface area (Å²) in [6, 6.07) is 15.5. The second kappa shape index (κ2) is 11.4. The maximum atomic E-state index is 15.4. The lowest BCUT2D eigenvalue weighted by molar-refractivity contribution is 0.102. The second-order valence-corrected chi connectivity index (χ2v) is 10.3. The average molecular weight is 541 g/mol. The number of hydrogen-bond acceptors (Lipinski definition) is 5. The first kappa shape index (κ1) is 27.3. The highest BCUT2D eigenvalue weighted by Gasteiger charge is 2.21. The molecule has 0 radical (unpaired) electrons. The summed E-state index contributed by atoms with van der Waals surface area (Å²) in [5.41, 5.74) is 5.99. The van der Waals surface area contributed by atoms with Gasteiger partial charge in [0, 0.05) is 37.1 Å². The average Bonchev–Trinajstić information content (AvgIpc) is 2.91. The lowest BCUT2D eigenvalue weighted by Gasteiger charge is -2.27. The number of nitrogens with zero attached hydrogens (tertiary/aromatic N) is 2. The zero-order valence-corrected chi connectivity index (χ0v) is 23.2. The number of aromatic nitrogens is 2. The van der Waals surface area contributed by atoms with E-state index < -0.39 is 11.5 Å². The smallest absolute Gasteiger partial charge is 0.265 e. The minimum absolute atomic E-state index is 0.0321. The molecule has 3 aromatic carbocycles. The standard InChI is InChI=1S/C32H33FN4O3/c1-19-23(21-14-28(33)26(30(15-21)40-4)17-35-22-8-5-9-22)10-6-11-24(19)25-12-7-13-29(20(25)2)36-31(38)27-16-34-18-37(3)32(27)39/h6-7,10-16,18,22,35H,5,8-9,17H2,1-4H3,(H,36,38). The van der Waals surface area contributed by atoms with E-state index in [4.69, 9.17) is 4.74 Å². The third-order valence-corrected chi connectivity index (χ3v) is 7.80. The molecule has 1 heterocycles. The number of halogens is 1. The number of carbonyl (C=O) groups is 1. The highest BCUT2D eigenvalue weighted by atomic mass is 19.1. The summed E-state index contributed by atoms with van der Waals surface area (Å²) in [6.07, 6.45) is 6.10. The predicted octanol–water partition coefficient (Wildman–Crippen LogP) is 5.77. The van der Waals surface area contributed by atoms with Crippen LogP contribution in [0.25, 0.3) is 22.3 Å². The molecule has 1 aromatic heterocycles. The number of amides is 1. The summed E-state index contributed by atoms with van der Waals surface area (Å²) in [5, 5.41) is 6.28. The molecule has 40 heavy (non-hydrogen) atoms. The second-order valence-electron chi connectivity index (χ2n) is 10.3. The minimum Gasteiger partial charge on any atom is -0.496 e. The van der Waals surface area contributed by atoms with Gasteiger partial charge in [-0.15, -0.1) is 0 Å². The number of hydrogen-bond donors (Lipinski definition) is 2. The third kappa shape index (κ3) is 5.27. The molecule has 1 aliphatic rings. The van der Waals surface area contributed by atoms with Gasteiger partial charge in [-0.2, -0.15) is 0 Å². The van der Waals surface area contributed by atoms with E-state index >= 15 is 4.39 Å². The number of rotatable bonds is 8. The Balaban J connectivity index is 1.47. The number of methoxy groups -OCH3 is 1. The number of aryl methyl sites for hydroxylation is 1. The summed E-state index contributed by atoms with van der Waals surface area (Å²) >= 11 is 0. The molecule has 4 aromatic rings. The van der Waals surface area contributed by atoms with Crippen molar-refractivity contribution < 1.29 is 13.9 Å². The van der Waals surface area contributed by atoms with Gasteiger partial charge in [0.1, 0.15) is 17.1 Å². The predicted molar refractivity (Wildman–Crippen MR) is 155 cm³/mol. The molecule has 8 heteroatoms. The lowest BCUT2D eigenvalue weighted by Crippen LogP contribution is -2.34. The summed E-state index contributed by atoms with van der Waals surface area (Å²) in [7, 11) is 3.12. The largest absolute Gasteiger partial charge is 0.496 e. The molecule has 1 aliphatic carbocycles. The van der Waals surface area contributed by atoms with E-state index in [1.54, 1.807) is 26.3 Å². The number of benzene rings is 3. The van der Waals surface area contributed by atoms with Crippen LogP contribution in [0.1, 0.15) is 46.3 Å². The van der Waals surface area contributed by atoms with Gasteiger partial charge in [-0.1, -0.05) is 36.8 Å². The van der Waals surface area contributed by atoms with E-state index in [9.17, 15) is 9.59 Å². The van der Waals surface area contributed by atoms with E-state index in [2.05, 4.69) is 15.6 Å². The summed E-state index contributed by atoms with van der Waals surface area (Å²) < 4.78 is 22.2. The van der Waals surface area contributed by atoms with E-state index in [1.165, 1.54) is 23.5 Å². The van der Waals surface area contributed by atoms with E-state index in [0.717, 1.165) is 46.2 Å². The molecule has 0 saturated heterocycles. The molecule has 206 valence electrons. The molecule has 5 rings (SSSR count). The molecular formula is C32H33FN4O3. The van der Waals surface area contributed by atoms with Gasteiger partial charge in [0.05, 0.1) is 13.4 Å². The topological polar surface area (TPSA) is 85.2 Å². The van der Waals surface area contributed by atoms with Crippen molar-refractivity contribution in [3.05, 3.63) is 99.5 Å². The molecule has 0 atom stereocenters. The van der Waals surface area contributed by atoms with Crippen LogP contribution in [-0.4, -0.2) is 28.6 Å². The van der Waals surface area contributed by atoms with Crippen LogP contribution in [0.3, 0.4) is 0 Å². The van der Waals surface area contributed by atoms with Crippen LogP contribution in [0.15, 0.2) is 65.8 Å². The van der Waals surface area contributed by atoms with Gasteiger partial charge in [0.15, 0.2) is 0 Å². The van der Waals surface area contributed by atoms with Gasteiger partial charge >= 0.3 is 0 Å². The first-order valence-electron chi connectivity index (χ1n) is 13.4. The molecule has 1 fully saturated rings. The summed E-state index contributed by atoms with van der Waals surface area (Å²) in [4.78, 5) is 29.2. The molecule has 7 nitrogen and oxygen atoms in total. The van der Waals surface area contributed by atoms with Gasteiger partial charge in [0.2, 0.25) is 0 Å². The Morgan fingerprint density at radius 3 is 2.48 bits per heavy atom. The van der Waals surface area contributed by atoms with Crippen LogP contribution < -0.4 is 20.9 Å². The van der Waals surface area contributed by atoms with Crippen molar-refractivity contribution in [1.29, 1.82) is 0 Å². The maximum absolute atomic E-state index is 15.4. The number of carbonyl (C=O) groups excluding carboxylic acids is 1. The van der Waals surface area contributed by atoms with Crippen LogP contribution in [0, 0.1) is 19.7 Å². The molecule has 0 unspecified atom stereocenters. The maximum Gasteiger partial charge on any atom is 0.265 e. The molecule has 2 N–H and O–H groups in total. The number of anilines is 1. The van der Waals surface area contributed by atoms with Crippen molar-refractivity contribution in [2.75, 3.05) is 12.4 Å². The van der Waals surface area contributed by atoms with Crippen molar-refractivity contribution in [1.82, 2.24) is 14.9 Å². The minimum atomic E-state index is -0.520. The fraction of sp³-hybridized carbons (Fsp3) is 0.281. The quantitative estimate of drug-likeness (QED) is 0.296. The van der Waals surface area contributed by atoms with Gasteiger partial charge in [-0.3, -0.25) is 9.59 Å². The van der Waals surface area contributed by atoms with Gasteiger partial charge in [0.25, 0.3) is 11.5 Å². The zero-order chi connectivity index (χ0) is 28.4.